The standard InChI is InChI=1S/C14H29N3/c1-12(7-8-15-3)17-11-14-6-4-5-9-16(14)10-13(17)2/h12-15H,4-11H2,1-3H3. The third kappa shape index (κ3) is 3.21. The van der Waals surface area contributed by atoms with E-state index in [1.54, 1.807) is 0 Å². The molecule has 3 unspecified atom stereocenters. The van der Waals surface area contributed by atoms with Crippen LogP contribution in [0.1, 0.15) is 39.5 Å². The van der Waals surface area contributed by atoms with Gasteiger partial charge in [0.1, 0.15) is 0 Å². The zero-order valence-corrected chi connectivity index (χ0v) is 11.8. The normalized spacial score (nSPS) is 33.4. The predicted molar refractivity (Wildman–Crippen MR) is 73.4 cm³/mol. The monoisotopic (exact) mass is 239 g/mol. The molecule has 2 saturated heterocycles. The molecule has 17 heavy (non-hydrogen) atoms. The van der Waals surface area contributed by atoms with Crippen LogP contribution in [-0.2, 0) is 0 Å². The molecule has 3 nitrogen and oxygen atoms in total. The maximum Gasteiger partial charge on any atom is 0.0224 e. The van der Waals surface area contributed by atoms with Crippen LogP contribution in [0.15, 0.2) is 0 Å². The summed E-state index contributed by atoms with van der Waals surface area (Å²) >= 11 is 0. The summed E-state index contributed by atoms with van der Waals surface area (Å²) in [5.74, 6) is 0. The summed E-state index contributed by atoms with van der Waals surface area (Å²) in [7, 11) is 2.05. The Hall–Kier alpha value is -0.120. The molecular formula is C14H29N3. The first-order valence-electron chi connectivity index (χ1n) is 7.36. The Bertz CT molecular complexity index is 228. The van der Waals surface area contributed by atoms with Gasteiger partial charge in [-0.25, -0.2) is 0 Å². The number of hydrogen-bond donors (Lipinski definition) is 1. The van der Waals surface area contributed by atoms with E-state index in [2.05, 4.69) is 36.0 Å². The minimum absolute atomic E-state index is 0.724. The number of nitrogens with one attached hydrogen (secondary N) is 1. The van der Waals surface area contributed by atoms with Crippen LogP contribution in [-0.4, -0.2) is 61.2 Å². The summed E-state index contributed by atoms with van der Waals surface area (Å²) in [5.41, 5.74) is 0. The molecule has 2 aliphatic heterocycles. The number of hydrogen-bond acceptors (Lipinski definition) is 3. The third-order valence-corrected chi connectivity index (χ3v) is 4.61. The van der Waals surface area contributed by atoms with Gasteiger partial charge < -0.3 is 5.32 Å². The minimum Gasteiger partial charge on any atom is -0.320 e. The molecule has 3 atom stereocenters. The van der Waals surface area contributed by atoms with Gasteiger partial charge in [0.2, 0.25) is 0 Å². The van der Waals surface area contributed by atoms with Crippen LogP contribution in [0, 0.1) is 0 Å². The smallest absolute Gasteiger partial charge is 0.0224 e. The molecule has 1 N–H and O–H groups in total. The fourth-order valence-corrected chi connectivity index (χ4v) is 3.51. The van der Waals surface area contributed by atoms with Crippen LogP contribution >= 0.6 is 0 Å². The SMILES string of the molecule is CNCCC(C)N1CC2CCCCN2CC1C. The summed E-state index contributed by atoms with van der Waals surface area (Å²) < 4.78 is 0. The maximum absolute atomic E-state index is 3.27. The highest BCUT2D eigenvalue weighted by atomic mass is 15.3. The lowest BCUT2D eigenvalue weighted by Crippen LogP contribution is -2.60. The molecule has 0 aromatic heterocycles. The molecule has 0 aromatic rings. The average Bonchev–Trinajstić information content (AvgIpc) is 2.35. The third-order valence-electron chi connectivity index (χ3n) is 4.61. The first-order valence-corrected chi connectivity index (χ1v) is 7.36. The van der Waals surface area contributed by atoms with E-state index in [0.29, 0.717) is 0 Å². The zero-order valence-electron chi connectivity index (χ0n) is 11.8. The summed E-state index contributed by atoms with van der Waals surface area (Å²) in [6.45, 7) is 9.86. The largest absolute Gasteiger partial charge is 0.320 e. The number of fused-ring (bicyclic) bond motifs is 1. The van der Waals surface area contributed by atoms with E-state index in [-0.39, 0.29) is 0 Å². The van der Waals surface area contributed by atoms with Crippen molar-refractivity contribution in [3.05, 3.63) is 0 Å². The highest BCUT2D eigenvalue weighted by Crippen LogP contribution is 2.25. The van der Waals surface area contributed by atoms with Gasteiger partial charge in [-0.3, -0.25) is 9.80 Å². The molecule has 0 bridgehead atoms. The molecule has 0 saturated carbocycles. The summed E-state index contributed by atoms with van der Waals surface area (Å²) in [4.78, 5) is 5.47. The fraction of sp³-hybridized carbons (Fsp3) is 1.00. The highest BCUT2D eigenvalue weighted by Gasteiger charge is 2.34. The van der Waals surface area contributed by atoms with Gasteiger partial charge in [0, 0.05) is 31.2 Å². The van der Waals surface area contributed by atoms with Crippen molar-refractivity contribution in [2.75, 3.05) is 33.2 Å². The van der Waals surface area contributed by atoms with Gasteiger partial charge >= 0.3 is 0 Å². The van der Waals surface area contributed by atoms with Crippen LogP contribution < -0.4 is 5.32 Å². The van der Waals surface area contributed by atoms with Crippen LogP contribution in [0.3, 0.4) is 0 Å². The van der Waals surface area contributed by atoms with Crippen molar-refractivity contribution < 1.29 is 0 Å². The van der Waals surface area contributed by atoms with Crippen molar-refractivity contribution in [1.82, 2.24) is 15.1 Å². The molecule has 100 valence electrons. The van der Waals surface area contributed by atoms with Crippen LogP contribution in [0.4, 0.5) is 0 Å². The second-order valence-corrected chi connectivity index (χ2v) is 5.93. The van der Waals surface area contributed by atoms with Gasteiger partial charge in [-0.15, -0.1) is 0 Å². The van der Waals surface area contributed by atoms with E-state index in [4.69, 9.17) is 0 Å². The van der Waals surface area contributed by atoms with Crippen molar-refractivity contribution >= 4 is 0 Å². The van der Waals surface area contributed by atoms with Gasteiger partial charge in [0.25, 0.3) is 0 Å². The van der Waals surface area contributed by atoms with Gasteiger partial charge in [0.15, 0.2) is 0 Å². The molecule has 2 fully saturated rings. The maximum atomic E-state index is 3.27. The Morgan fingerprint density at radius 1 is 1.29 bits per heavy atom. The topological polar surface area (TPSA) is 18.5 Å². The summed E-state index contributed by atoms with van der Waals surface area (Å²) in [6, 6.07) is 2.30. The van der Waals surface area contributed by atoms with Crippen LogP contribution in [0.2, 0.25) is 0 Å². The van der Waals surface area contributed by atoms with E-state index in [1.165, 1.54) is 45.3 Å². The quantitative estimate of drug-likeness (QED) is 0.803. The Kier molecular flexibility index (Phi) is 4.83. The Morgan fingerprint density at radius 2 is 2.12 bits per heavy atom. The number of piperidine rings is 1. The van der Waals surface area contributed by atoms with E-state index < -0.39 is 0 Å². The van der Waals surface area contributed by atoms with E-state index in [9.17, 15) is 0 Å². The lowest BCUT2D eigenvalue weighted by molar-refractivity contribution is -0.00542. The molecule has 2 rings (SSSR count). The second-order valence-electron chi connectivity index (χ2n) is 5.93. The molecule has 0 aliphatic carbocycles. The fourth-order valence-electron chi connectivity index (χ4n) is 3.51. The molecule has 2 heterocycles. The molecule has 2 aliphatic rings. The lowest BCUT2D eigenvalue weighted by atomic mass is 9.95. The van der Waals surface area contributed by atoms with E-state index in [1.807, 2.05) is 0 Å². The highest BCUT2D eigenvalue weighted by molar-refractivity contribution is 4.91. The molecular weight excluding hydrogens is 210 g/mol. The Balaban J connectivity index is 1.89. The second kappa shape index (κ2) is 6.17. The Labute approximate surface area is 107 Å². The van der Waals surface area contributed by atoms with E-state index in [0.717, 1.165) is 24.7 Å². The summed E-state index contributed by atoms with van der Waals surface area (Å²) in [5, 5.41) is 3.27. The van der Waals surface area contributed by atoms with Crippen molar-refractivity contribution in [3.63, 3.8) is 0 Å². The Morgan fingerprint density at radius 3 is 2.88 bits per heavy atom. The molecule has 0 amide bonds. The van der Waals surface area contributed by atoms with Crippen molar-refractivity contribution in [2.45, 2.75) is 57.7 Å². The first-order chi connectivity index (χ1) is 8.22. The molecule has 0 spiro atoms. The van der Waals surface area contributed by atoms with Crippen LogP contribution in [0.5, 0.6) is 0 Å². The van der Waals surface area contributed by atoms with Crippen molar-refractivity contribution in [1.29, 1.82) is 0 Å². The van der Waals surface area contributed by atoms with Crippen molar-refractivity contribution in [2.24, 2.45) is 0 Å². The first kappa shape index (κ1) is 13.3. The average molecular weight is 239 g/mol. The number of nitrogens with zero attached hydrogens (tertiary/aromatic N) is 2. The predicted octanol–water partition coefficient (Wildman–Crippen LogP) is 1.54. The molecule has 0 radical (unpaired) electrons. The van der Waals surface area contributed by atoms with Gasteiger partial charge in [-0.2, -0.15) is 0 Å². The van der Waals surface area contributed by atoms with Crippen molar-refractivity contribution in [3.8, 4) is 0 Å². The zero-order chi connectivity index (χ0) is 12.3. The molecule has 3 heteroatoms. The van der Waals surface area contributed by atoms with Gasteiger partial charge in [-0.1, -0.05) is 6.42 Å². The van der Waals surface area contributed by atoms with Crippen LogP contribution in [0.25, 0.3) is 0 Å². The van der Waals surface area contributed by atoms with Gasteiger partial charge in [-0.05, 0) is 53.2 Å². The number of piperazine rings is 1. The summed E-state index contributed by atoms with van der Waals surface area (Å²) in [6.07, 6.45) is 5.54. The minimum atomic E-state index is 0.724. The number of rotatable bonds is 4. The molecule has 0 aromatic carbocycles. The van der Waals surface area contributed by atoms with E-state index >= 15 is 0 Å². The van der Waals surface area contributed by atoms with Gasteiger partial charge in [0.05, 0.1) is 0 Å². The lowest BCUT2D eigenvalue weighted by Gasteiger charge is -2.49.